The second-order valence-electron chi connectivity index (χ2n) is 7.67. The molecule has 3 heterocycles. The minimum atomic E-state index is -4.58. The molecule has 12 heteroatoms. The highest BCUT2D eigenvalue weighted by Crippen LogP contribution is 2.35. The van der Waals surface area contributed by atoms with Crippen LogP contribution in [0.15, 0.2) is 23.2 Å². The maximum Gasteiger partial charge on any atom is 0.417 e. The van der Waals surface area contributed by atoms with Crippen molar-refractivity contribution in [1.29, 1.82) is 10.0 Å². The van der Waals surface area contributed by atoms with Crippen LogP contribution in [-0.2, 0) is 23.0 Å². The van der Waals surface area contributed by atoms with Crippen molar-refractivity contribution in [2.45, 2.75) is 44.4 Å². The number of aryl methyl sites for hydroxylation is 2. The van der Waals surface area contributed by atoms with Gasteiger partial charge in [-0.15, -0.1) is 0 Å². The van der Waals surface area contributed by atoms with Crippen molar-refractivity contribution < 1.29 is 22.1 Å². The van der Waals surface area contributed by atoms with Gasteiger partial charge in [0.05, 0.1) is 25.9 Å². The number of aromatic nitrogens is 4. The quantitative estimate of drug-likeness (QED) is 0.593. The zero-order valence-electron chi connectivity index (χ0n) is 18.0. The Hall–Kier alpha value is -3.20. The first-order valence-electron chi connectivity index (χ1n) is 9.48. The highest BCUT2D eigenvalue weighted by molar-refractivity contribution is 7.92. The molecule has 0 spiro atoms. The zero-order chi connectivity index (χ0) is 24.1. The molecule has 0 aliphatic heterocycles. The summed E-state index contributed by atoms with van der Waals surface area (Å²) >= 11 is 0. The number of fused-ring (bicyclic) bond motifs is 1. The molecule has 1 unspecified atom stereocenters. The average molecular weight is 466 g/mol. The molecule has 0 saturated carbocycles. The van der Waals surface area contributed by atoms with E-state index in [1.165, 1.54) is 10.6 Å². The summed E-state index contributed by atoms with van der Waals surface area (Å²) in [5, 5.41) is 9.26. The fraction of sp³-hybridized carbons (Fsp3) is 0.400. The van der Waals surface area contributed by atoms with Gasteiger partial charge in [0.2, 0.25) is 0 Å². The van der Waals surface area contributed by atoms with Crippen molar-refractivity contribution in [3.8, 4) is 23.3 Å². The number of rotatable bonds is 5. The molecule has 0 saturated heterocycles. The van der Waals surface area contributed by atoms with Gasteiger partial charge >= 0.3 is 6.18 Å². The molecule has 8 nitrogen and oxygen atoms in total. The third kappa shape index (κ3) is 4.25. The average Bonchev–Trinajstić information content (AvgIpc) is 3.04. The highest BCUT2D eigenvalue weighted by atomic mass is 32.2. The van der Waals surface area contributed by atoms with Gasteiger partial charge in [-0.3, -0.25) is 0 Å². The molecular weight excluding hydrogens is 445 g/mol. The number of pyridine rings is 2. The molecule has 1 N–H and O–H groups in total. The molecule has 0 radical (unpaired) electrons. The smallest absolute Gasteiger partial charge is 0.417 e. The molecule has 0 aliphatic rings. The highest BCUT2D eigenvalue weighted by Gasteiger charge is 2.32. The molecule has 0 aromatic carbocycles. The Labute approximate surface area is 183 Å². The van der Waals surface area contributed by atoms with Gasteiger partial charge in [0.25, 0.3) is 0 Å². The molecule has 0 amide bonds. The van der Waals surface area contributed by atoms with Gasteiger partial charge in [0.15, 0.2) is 17.1 Å². The van der Waals surface area contributed by atoms with E-state index in [4.69, 9.17) is 9.52 Å². The van der Waals surface area contributed by atoms with E-state index in [1.807, 2.05) is 6.07 Å². The van der Waals surface area contributed by atoms with Crippen LogP contribution in [0.3, 0.4) is 0 Å². The number of halogens is 3. The Bertz CT molecular complexity index is 1350. The van der Waals surface area contributed by atoms with Gasteiger partial charge in [-0.2, -0.15) is 18.4 Å². The van der Waals surface area contributed by atoms with Crippen molar-refractivity contribution in [3.05, 3.63) is 29.6 Å². The first-order chi connectivity index (χ1) is 14.7. The van der Waals surface area contributed by atoms with Crippen LogP contribution in [0.1, 0.15) is 32.0 Å². The van der Waals surface area contributed by atoms with Crippen molar-refractivity contribution in [3.63, 3.8) is 0 Å². The normalized spacial score (nSPS) is 14.2. The first-order valence-corrected chi connectivity index (χ1v) is 11.2. The summed E-state index contributed by atoms with van der Waals surface area (Å²) in [7, 11) is -1.80. The molecule has 170 valence electrons. The Balaban J connectivity index is 2.29. The predicted molar refractivity (Wildman–Crippen MR) is 111 cm³/mol. The fourth-order valence-electron chi connectivity index (χ4n) is 2.98. The summed E-state index contributed by atoms with van der Waals surface area (Å²) in [6.45, 7) is 6.28. The van der Waals surface area contributed by atoms with Crippen LogP contribution in [0.5, 0.6) is 5.75 Å². The number of nitrogens with one attached hydrogen (secondary N) is 1. The molecular formula is C20H21F3N6O2S. The van der Waals surface area contributed by atoms with Crippen LogP contribution in [0, 0.1) is 23.0 Å². The standard InChI is InChI=1S/C20H21F3N6O2S/c1-6-32(25,30)15-8-14(31-19(3,4)10-24)11(2)27-16(15)18-28-13-7-12(20(21,22)23)9-26-17(13)29(18)5/h7-9,25H,6H2,1-5H3. The van der Waals surface area contributed by atoms with Gasteiger partial charge in [-0.1, -0.05) is 6.92 Å². The topological polar surface area (TPSA) is 118 Å². The van der Waals surface area contributed by atoms with E-state index < -0.39 is 27.1 Å². The number of alkyl halides is 3. The minimum Gasteiger partial charge on any atom is -0.471 e. The minimum absolute atomic E-state index is 0.0124. The number of ether oxygens (including phenoxy) is 1. The van der Waals surface area contributed by atoms with Crippen molar-refractivity contribution in [2.75, 3.05) is 5.75 Å². The van der Waals surface area contributed by atoms with E-state index in [0.29, 0.717) is 11.9 Å². The van der Waals surface area contributed by atoms with E-state index in [-0.39, 0.29) is 39.1 Å². The van der Waals surface area contributed by atoms with E-state index in [0.717, 1.165) is 6.07 Å². The van der Waals surface area contributed by atoms with Crippen LogP contribution < -0.4 is 4.74 Å². The van der Waals surface area contributed by atoms with Gasteiger partial charge in [0, 0.05) is 25.1 Å². The monoisotopic (exact) mass is 466 g/mol. The number of hydrogen-bond acceptors (Lipinski definition) is 7. The molecule has 3 rings (SSSR count). The maximum absolute atomic E-state index is 13.1. The summed E-state index contributed by atoms with van der Waals surface area (Å²) in [5.74, 6) is 0.260. The summed E-state index contributed by atoms with van der Waals surface area (Å²) in [4.78, 5) is 12.6. The molecule has 32 heavy (non-hydrogen) atoms. The number of nitrogens with zero attached hydrogens (tertiary/aromatic N) is 5. The summed E-state index contributed by atoms with van der Waals surface area (Å²) in [6.07, 6.45) is -3.86. The number of hydrogen-bond donors (Lipinski definition) is 1. The van der Waals surface area contributed by atoms with Crippen LogP contribution in [0.2, 0.25) is 0 Å². The zero-order valence-corrected chi connectivity index (χ0v) is 18.9. The van der Waals surface area contributed by atoms with E-state index in [9.17, 15) is 22.6 Å². The van der Waals surface area contributed by atoms with Crippen molar-refractivity contribution in [1.82, 2.24) is 19.5 Å². The lowest BCUT2D eigenvalue weighted by atomic mass is 10.1. The first kappa shape index (κ1) is 23.5. The van der Waals surface area contributed by atoms with Crippen LogP contribution >= 0.6 is 0 Å². The maximum atomic E-state index is 13.1. The molecule has 3 aromatic heterocycles. The second-order valence-corrected chi connectivity index (χ2v) is 10.0. The van der Waals surface area contributed by atoms with Crippen molar-refractivity contribution in [2.24, 2.45) is 7.05 Å². The van der Waals surface area contributed by atoms with Crippen LogP contribution in [0.25, 0.3) is 22.7 Å². The van der Waals surface area contributed by atoms with Crippen LogP contribution in [-0.4, -0.2) is 35.1 Å². The molecule has 3 aromatic rings. The summed E-state index contributed by atoms with van der Waals surface area (Å²) in [5.41, 5.74) is -1.55. The van der Waals surface area contributed by atoms with Gasteiger partial charge < -0.3 is 9.30 Å². The lowest BCUT2D eigenvalue weighted by molar-refractivity contribution is -0.137. The molecule has 0 bridgehead atoms. The lowest BCUT2D eigenvalue weighted by Gasteiger charge is -2.21. The third-order valence-electron chi connectivity index (χ3n) is 4.78. The Morgan fingerprint density at radius 1 is 1.28 bits per heavy atom. The molecule has 0 aliphatic carbocycles. The third-order valence-corrected chi connectivity index (χ3v) is 6.61. The van der Waals surface area contributed by atoms with Gasteiger partial charge in [0.1, 0.15) is 23.0 Å². The van der Waals surface area contributed by atoms with Crippen LogP contribution in [0.4, 0.5) is 13.2 Å². The fourth-order valence-corrected chi connectivity index (χ4v) is 4.04. The predicted octanol–water partition coefficient (Wildman–Crippen LogP) is 4.46. The molecule has 1 atom stereocenters. The van der Waals surface area contributed by atoms with Gasteiger partial charge in [-0.25, -0.2) is 23.9 Å². The number of nitriles is 1. The van der Waals surface area contributed by atoms with E-state index in [1.54, 1.807) is 34.7 Å². The SMILES string of the molecule is CCS(=N)(=O)c1cc(OC(C)(C)C#N)c(C)nc1-c1nc2cc(C(F)(F)F)cnc2n1C. The Kier molecular flexibility index (Phi) is 5.67. The van der Waals surface area contributed by atoms with E-state index in [2.05, 4.69) is 15.0 Å². The summed E-state index contributed by atoms with van der Waals surface area (Å²) in [6, 6.07) is 4.27. The Morgan fingerprint density at radius 3 is 2.50 bits per heavy atom. The number of imidazole rings is 1. The lowest BCUT2D eigenvalue weighted by Crippen LogP contribution is -2.26. The Morgan fingerprint density at radius 2 is 1.94 bits per heavy atom. The second kappa shape index (κ2) is 7.74. The summed E-state index contributed by atoms with van der Waals surface area (Å²) < 4.78 is 67.8. The van der Waals surface area contributed by atoms with Gasteiger partial charge in [-0.05, 0) is 26.8 Å². The largest absolute Gasteiger partial charge is 0.471 e. The van der Waals surface area contributed by atoms with E-state index >= 15 is 0 Å². The van der Waals surface area contributed by atoms with Crippen molar-refractivity contribution >= 4 is 20.9 Å². The molecule has 0 fully saturated rings.